The Balaban J connectivity index is 1.56. The molecule has 0 radical (unpaired) electrons. The fourth-order valence-corrected chi connectivity index (χ4v) is 4.31. The molecule has 5 nitrogen and oxygen atoms in total. The van der Waals surface area contributed by atoms with Crippen LogP contribution in [0.15, 0.2) is 18.5 Å². The van der Waals surface area contributed by atoms with Gasteiger partial charge in [0.25, 0.3) is 0 Å². The number of pyridine rings is 1. The highest BCUT2D eigenvalue weighted by molar-refractivity contribution is 5.62. The van der Waals surface area contributed by atoms with Crippen LogP contribution in [0.2, 0.25) is 0 Å². The Morgan fingerprint density at radius 3 is 2.34 bits per heavy atom. The van der Waals surface area contributed by atoms with Crippen molar-refractivity contribution in [3.8, 4) is 11.3 Å². The van der Waals surface area contributed by atoms with Gasteiger partial charge in [-0.05, 0) is 17.9 Å². The Labute approximate surface area is 162 Å². The predicted molar refractivity (Wildman–Crippen MR) is 92.8 cm³/mol. The van der Waals surface area contributed by atoms with E-state index in [1.807, 2.05) is 11.5 Å². The second kappa shape index (κ2) is 6.61. The summed E-state index contributed by atoms with van der Waals surface area (Å²) in [6.45, 7) is 1.67. The van der Waals surface area contributed by atoms with Crippen molar-refractivity contribution in [1.29, 1.82) is 0 Å². The van der Waals surface area contributed by atoms with Gasteiger partial charge >= 0.3 is 12.4 Å². The van der Waals surface area contributed by atoms with Crippen molar-refractivity contribution in [3.63, 3.8) is 0 Å². The van der Waals surface area contributed by atoms with E-state index in [1.54, 1.807) is 6.20 Å². The lowest BCUT2D eigenvalue weighted by molar-refractivity contribution is -0.144. The number of nitrogen functional groups attached to an aromatic ring is 1. The summed E-state index contributed by atoms with van der Waals surface area (Å²) in [5.41, 5.74) is 4.87. The first kappa shape index (κ1) is 20.0. The van der Waals surface area contributed by atoms with E-state index in [9.17, 15) is 26.3 Å². The second-order valence-electron chi connectivity index (χ2n) is 7.59. The van der Waals surface area contributed by atoms with E-state index in [0.29, 0.717) is 31.0 Å². The number of nitrogens with zero attached hydrogens (tertiary/aromatic N) is 4. The molecule has 1 aliphatic heterocycles. The van der Waals surface area contributed by atoms with Crippen molar-refractivity contribution in [3.05, 3.63) is 29.8 Å². The van der Waals surface area contributed by atoms with Crippen molar-refractivity contribution in [1.82, 2.24) is 19.4 Å². The van der Waals surface area contributed by atoms with Crippen LogP contribution in [-0.2, 0) is 12.6 Å². The zero-order chi connectivity index (χ0) is 21.1. The molecule has 2 aromatic rings. The van der Waals surface area contributed by atoms with Gasteiger partial charge in [-0.1, -0.05) is 6.92 Å². The summed E-state index contributed by atoms with van der Waals surface area (Å²) in [5, 5.41) is 0. The number of imidazole rings is 1. The summed E-state index contributed by atoms with van der Waals surface area (Å²) in [6.07, 6.45) is -5.38. The molecule has 2 aromatic heterocycles. The molecule has 158 valence electrons. The molecule has 4 rings (SSSR count). The third-order valence-corrected chi connectivity index (χ3v) is 5.59. The van der Waals surface area contributed by atoms with Crippen LogP contribution in [0.4, 0.5) is 32.2 Å². The normalized spacial score (nSPS) is 24.7. The van der Waals surface area contributed by atoms with E-state index in [2.05, 4.69) is 9.97 Å². The lowest BCUT2D eigenvalue weighted by Crippen LogP contribution is -2.34. The van der Waals surface area contributed by atoms with E-state index in [0.717, 1.165) is 6.07 Å². The molecular formula is C18H19F6N5. The topological polar surface area (TPSA) is 60.0 Å². The molecule has 11 heteroatoms. The Morgan fingerprint density at radius 1 is 1.14 bits per heavy atom. The van der Waals surface area contributed by atoms with Gasteiger partial charge in [0.15, 0.2) is 0 Å². The molecule has 1 saturated carbocycles. The van der Waals surface area contributed by atoms with E-state index < -0.39 is 30.3 Å². The van der Waals surface area contributed by atoms with Crippen LogP contribution in [0.5, 0.6) is 0 Å². The minimum Gasteiger partial charge on any atom is -0.383 e. The molecule has 3 heterocycles. The van der Waals surface area contributed by atoms with Crippen LogP contribution in [0.3, 0.4) is 0 Å². The first-order valence-corrected chi connectivity index (χ1v) is 9.18. The highest BCUT2D eigenvalue weighted by Gasteiger charge is 2.58. The zero-order valence-corrected chi connectivity index (χ0v) is 15.4. The number of nitrogens with two attached hydrogens (primary N) is 1. The SMILES string of the molecule is CCc1nc(-c2cnc(N)c(C(F)(F)F)c2)cn1[C@H]1[C@@H]2CN(CC(F)(F)F)C[C@@H]21. The number of likely N-dealkylation sites (tertiary alicyclic amines) is 1. The zero-order valence-electron chi connectivity index (χ0n) is 15.4. The molecular weight excluding hydrogens is 400 g/mol. The predicted octanol–water partition coefficient (Wildman–Crippen LogP) is 3.77. The number of hydrogen-bond acceptors (Lipinski definition) is 4. The van der Waals surface area contributed by atoms with Crippen LogP contribution >= 0.6 is 0 Å². The van der Waals surface area contributed by atoms with Crippen molar-refractivity contribution in [2.24, 2.45) is 11.8 Å². The van der Waals surface area contributed by atoms with E-state index in [4.69, 9.17) is 5.73 Å². The summed E-state index contributed by atoms with van der Waals surface area (Å²) in [7, 11) is 0. The average molecular weight is 419 g/mol. The number of fused-ring (bicyclic) bond motifs is 1. The molecule has 0 aromatic carbocycles. The number of rotatable bonds is 4. The smallest absolute Gasteiger partial charge is 0.383 e. The minimum absolute atomic E-state index is 0.0273. The summed E-state index contributed by atoms with van der Waals surface area (Å²) in [4.78, 5) is 9.48. The number of piperidine rings is 1. The van der Waals surface area contributed by atoms with Crippen molar-refractivity contribution < 1.29 is 26.3 Å². The third kappa shape index (κ3) is 3.79. The maximum absolute atomic E-state index is 13.1. The van der Waals surface area contributed by atoms with Crippen LogP contribution in [0.1, 0.15) is 24.4 Å². The van der Waals surface area contributed by atoms with E-state index in [-0.39, 0.29) is 23.4 Å². The Hall–Kier alpha value is -2.30. The monoisotopic (exact) mass is 419 g/mol. The molecule has 0 unspecified atom stereocenters. The highest BCUT2D eigenvalue weighted by atomic mass is 19.4. The Morgan fingerprint density at radius 2 is 1.79 bits per heavy atom. The van der Waals surface area contributed by atoms with Gasteiger partial charge in [-0.25, -0.2) is 9.97 Å². The van der Waals surface area contributed by atoms with Crippen molar-refractivity contribution >= 4 is 5.82 Å². The van der Waals surface area contributed by atoms with Gasteiger partial charge in [-0.3, -0.25) is 4.90 Å². The lowest BCUT2D eigenvalue weighted by atomic mass is 10.1. The lowest BCUT2D eigenvalue weighted by Gasteiger charge is -2.21. The first-order chi connectivity index (χ1) is 13.5. The van der Waals surface area contributed by atoms with Crippen LogP contribution < -0.4 is 5.73 Å². The quantitative estimate of drug-likeness (QED) is 0.767. The second-order valence-corrected chi connectivity index (χ2v) is 7.59. The summed E-state index contributed by atoms with van der Waals surface area (Å²) in [5.74, 6) is 0.282. The standard InChI is InChI=1S/C18H19F6N5/c1-2-14-27-13(9-3-12(18(22,23)24)16(25)26-4-9)7-29(14)15-10-5-28(6-11(10)15)8-17(19,20)21/h3-4,7,10-11,15H,2,5-6,8H2,1H3,(H2,25,26)/t10-,11+,15+. The van der Waals surface area contributed by atoms with E-state index in [1.165, 1.54) is 11.1 Å². The van der Waals surface area contributed by atoms with Gasteiger partial charge in [0.1, 0.15) is 11.6 Å². The van der Waals surface area contributed by atoms with E-state index >= 15 is 0 Å². The molecule has 2 N–H and O–H groups in total. The molecule has 0 bridgehead atoms. The van der Waals surface area contributed by atoms with Crippen LogP contribution in [0.25, 0.3) is 11.3 Å². The van der Waals surface area contributed by atoms with Crippen molar-refractivity contribution in [2.45, 2.75) is 31.7 Å². The Bertz CT molecular complexity index is 906. The molecule has 1 saturated heterocycles. The maximum atomic E-state index is 13.1. The van der Waals surface area contributed by atoms with Gasteiger partial charge in [0.05, 0.1) is 17.8 Å². The summed E-state index contributed by atoms with van der Waals surface area (Å²) in [6, 6.07) is 0.951. The summed E-state index contributed by atoms with van der Waals surface area (Å²) < 4.78 is 79.0. The molecule has 0 amide bonds. The number of hydrogen-bond donors (Lipinski definition) is 1. The van der Waals surface area contributed by atoms with Crippen molar-refractivity contribution in [2.75, 3.05) is 25.4 Å². The van der Waals surface area contributed by atoms with Crippen LogP contribution in [0, 0.1) is 11.8 Å². The maximum Gasteiger partial charge on any atom is 0.419 e. The van der Waals surface area contributed by atoms with Crippen LogP contribution in [-0.4, -0.2) is 45.2 Å². The van der Waals surface area contributed by atoms with Gasteiger partial charge < -0.3 is 10.3 Å². The number of alkyl halides is 6. The average Bonchev–Trinajstić information content (AvgIpc) is 2.95. The molecule has 1 aliphatic carbocycles. The molecule has 2 aliphatic rings. The van der Waals surface area contributed by atoms with Gasteiger partial charge in [-0.2, -0.15) is 26.3 Å². The van der Waals surface area contributed by atoms with Gasteiger partial charge in [0, 0.05) is 43.5 Å². The first-order valence-electron chi connectivity index (χ1n) is 9.18. The largest absolute Gasteiger partial charge is 0.419 e. The number of aryl methyl sites for hydroxylation is 1. The molecule has 0 spiro atoms. The van der Waals surface area contributed by atoms with Gasteiger partial charge in [0.2, 0.25) is 0 Å². The number of halogens is 6. The molecule has 2 fully saturated rings. The number of aromatic nitrogens is 3. The summed E-state index contributed by atoms with van der Waals surface area (Å²) >= 11 is 0. The molecule has 29 heavy (non-hydrogen) atoms. The fourth-order valence-electron chi connectivity index (χ4n) is 4.31. The Kier molecular flexibility index (Phi) is 4.56. The third-order valence-electron chi connectivity index (χ3n) is 5.59. The highest BCUT2D eigenvalue weighted by Crippen LogP contribution is 2.56. The van der Waals surface area contributed by atoms with Gasteiger partial charge in [-0.15, -0.1) is 0 Å². The fraction of sp³-hybridized carbons (Fsp3) is 0.556. The molecule has 3 atom stereocenters. The minimum atomic E-state index is -4.63. The number of anilines is 1.